The summed E-state index contributed by atoms with van der Waals surface area (Å²) < 4.78 is 11.8. The first-order valence-electron chi connectivity index (χ1n) is 9.02. The van der Waals surface area contributed by atoms with Crippen LogP contribution in [-0.2, 0) is 11.2 Å². The lowest BCUT2D eigenvalue weighted by atomic mass is 10.0. The van der Waals surface area contributed by atoms with E-state index in [1.807, 2.05) is 29.2 Å². The van der Waals surface area contributed by atoms with Crippen molar-refractivity contribution in [3.63, 3.8) is 0 Å². The van der Waals surface area contributed by atoms with Crippen LogP contribution in [0, 0.1) is 0 Å². The maximum atomic E-state index is 12.9. The van der Waals surface area contributed by atoms with Crippen LogP contribution in [0.5, 0.6) is 5.75 Å². The third-order valence-electron chi connectivity index (χ3n) is 5.13. The van der Waals surface area contributed by atoms with E-state index in [0.717, 1.165) is 35.3 Å². The average Bonchev–Trinajstić information content (AvgIpc) is 3.34. The zero-order chi connectivity index (χ0) is 18.4. The zero-order valence-electron chi connectivity index (χ0n) is 14.6. The summed E-state index contributed by atoms with van der Waals surface area (Å²) in [5, 5.41) is 3.87. The SMILES string of the molecule is O=C([C@H]1Cc2cc(Cl)cc(-c3ccnc4ccoc34)c2O1)N1CCNCC1. The summed E-state index contributed by atoms with van der Waals surface area (Å²) in [5.74, 6) is 0.740. The van der Waals surface area contributed by atoms with Crippen molar-refractivity contribution in [2.24, 2.45) is 0 Å². The van der Waals surface area contributed by atoms with Gasteiger partial charge in [-0.05, 0) is 18.2 Å². The highest BCUT2D eigenvalue weighted by Gasteiger charge is 2.35. The zero-order valence-corrected chi connectivity index (χ0v) is 15.3. The van der Waals surface area contributed by atoms with Crippen LogP contribution in [0.1, 0.15) is 5.56 Å². The van der Waals surface area contributed by atoms with E-state index < -0.39 is 6.10 Å². The second kappa shape index (κ2) is 6.55. The number of hydrogen-bond acceptors (Lipinski definition) is 5. The number of rotatable bonds is 2. The molecule has 1 fully saturated rings. The second-order valence-corrected chi connectivity index (χ2v) is 7.26. The fraction of sp³-hybridized carbons (Fsp3) is 0.300. The Hall–Kier alpha value is -2.57. The number of piperazine rings is 1. The number of fused-ring (bicyclic) bond motifs is 2. The van der Waals surface area contributed by atoms with Gasteiger partial charge in [-0.2, -0.15) is 0 Å². The van der Waals surface area contributed by atoms with Crippen LogP contribution in [0.15, 0.2) is 41.1 Å². The molecule has 138 valence electrons. The molecule has 0 spiro atoms. The Kier molecular flexibility index (Phi) is 4.02. The minimum absolute atomic E-state index is 0.0349. The van der Waals surface area contributed by atoms with Crippen molar-refractivity contribution in [3.05, 3.63) is 47.3 Å². The topological polar surface area (TPSA) is 67.6 Å². The highest BCUT2D eigenvalue weighted by Crippen LogP contribution is 2.43. The number of nitrogens with zero attached hydrogens (tertiary/aromatic N) is 2. The van der Waals surface area contributed by atoms with Crippen LogP contribution in [-0.4, -0.2) is 48.1 Å². The summed E-state index contributed by atoms with van der Waals surface area (Å²) in [4.78, 5) is 19.1. The number of amides is 1. The fourth-order valence-electron chi connectivity index (χ4n) is 3.84. The molecule has 1 amide bonds. The van der Waals surface area contributed by atoms with Crippen LogP contribution in [0.3, 0.4) is 0 Å². The molecule has 7 heteroatoms. The molecule has 6 nitrogen and oxygen atoms in total. The Bertz CT molecular complexity index is 1030. The number of carbonyl (C=O) groups is 1. The Labute approximate surface area is 161 Å². The van der Waals surface area contributed by atoms with E-state index in [9.17, 15) is 4.79 Å². The molecule has 4 heterocycles. The van der Waals surface area contributed by atoms with Crippen molar-refractivity contribution in [1.29, 1.82) is 0 Å². The molecule has 1 saturated heterocycles. The van der Waals surface area contributed by atoms with Crippen molar-refractivity contribution in [3.8, 4) is 16.9 Å². The molecule has 2 aromatic heterocycles. The molecule has 2 aliphatic rings. The molecule has 0 unspecified atom stereocenters. The fourth-order valence-corrected chi connectivity index (χ4v) is 4.08. The van der Waals surface area contributed by atoms with Crippen molar-refractivity contribution in [2.75, 3.05) is 26.2 Å². The maximum Gasteiger partial charge on any atom is 0.264 e. The van der Waals surface area contributed by atoms with E-state index in [4.69, 9.17) is 20.8 Å². The summed E-state index contributed by atoms with van der Waals surface area (Å²) in [7, 11) is 0. The minimum atomic E-state index is -0.510. The van der Waals surface area contributed by atoms with E-state index in [1.54, 1.807) is 12.5 Å². The van der Waals surface area contributed by atoms with E-state index in [-0.39, 0.29) is 5.91 Å². The Balaban J connectivity index is 1.53. The van der Waals surface area contributed by atoms with Crippen molar-refractivity contribution < 1.29 is 13.9 Å². The number of nitrogens with one attached hydrogen (secondary N) is 1. The third kappa shape index (κ3) is 2.85. The van der Waals surface area contributed by atoms with Gasteiger partial charge in [-0.3, -0.25) is 9.78 Å². The summed E-state index contributed by atoms with van der Waals surface area (Å²) in [5.41, 5.74) is 4.09. The lowest BCUT2D eigenvalue weighted by Gasteiger charge is -2.29. The van der Waals surface area contributed by atoms with Crippen molar-refractivity contribution in [1.82, 2.24) is 15.2 Å². The molecule has 3 aromatic rings. The smallest absolute Gasteiger partial charge is 0.264 e. The summed E-state index contributed by atoms with van der Waals surface area (Å²) in [6, 6.07) is 7.44. The van der Waals surface area contributed by atoms with E-state index in [2.05, 4.69) is 10.3 Å². The number of aromatic nitrogens is 1. The molecule has 1 atom stereocenters. The molecule has 0 saturated carbocycles. The van der Waals surface area contributed by atoms with Gasteiger partial charge in [-0.25, -0.2) is 0 Å². The third-order valence-corrected chi connectivity index (χ3v) is 5.35. The van der Waals surface area contributed by atoms with Crippen LogP contribution in [0.2, 0.25) is 5.02 Å². The predicted octanol–water partition coefficient (Wildman–Crippen LogP) is 2.88. The minimum Gasteiger partial charge on any atom is -0.479 e. The Morgan fingerprint density at radius 2 is 2.07 bits per heavy atom. The largest absolute Gasteiger partial charge is 0.479 e. The highest BCUT2D eigenvalue weighted by molar-refractivity contribution is 6.31. The normalized spacial score (nSPS) is 19.1. The summed E-state index contributed by atoms with van der Waals surface area (Å²) >= 11 is 6.37. The first kappa shape index (κ1) is 16.6. The summed E-state index contributed by atoms with van der Waals surface area (Å²) in [6.45, 7) is 3.05. The molecule has 27 heavy (non-hydrogen) atoms. The number of ether oxygens (including phenoxy) is 1. The first-order valence-corrected chi connectivity index (χ1v) is 9.39. The molecule has 0 radical (unpaired) electrons. The number of carbonyl (C=O) groups excluding carboxylic acids is 1. The average molecular weight is 384 g/mol. The molecular formula is C20H18ClN3O3. The van der Waals surface area contributed by atoms with Gasteiger partial charge in [0, 0.05) is 66.6 Å². The summed E-state index contributed by atoms with van der Waals surface area (Å²) in [6.07, 6.45) is 3.37. The number of hydrogen-bond donors (Lipinski definition) is 1. The molecular weight excluding hydrogens is 366 g/mol. The highest BCUT2D eigenvalue weighted by atomic mass is 35.5. The van der Waals surface area contributed by atoms with Crippen molar-refractivity contribution in [2.45, 2.75) is 12.5 Å². The van der Waals surface area contributed by atoms with Gasteiger partial charge in [-0.15, -0.1) is 0 Å². The van der Waals surface area contributed by atoms with Gasteiger partial charge in [0.25, 0.3) is 5.91 Å². The van der Waals surface area contributed by atoms with E-state index >= 15 is 0 Å². The molecule has 0 aliphatic carbocycles. The van der Waals surface area contributed by atoms with Crippen LogP contribution in [0.4, 0.5) is 0 Å². The van der Waals surface area contributed by atoms with Crippen LogP contribution in [0.25, 0.3) is 22.2 Å². The maximum absolute atomic E-state index is 12.9. The van der Waals surface area contributed by atoms with Gasteiger partial charge < -0.3 is 19.4 Å². The standard InChI is InChI=1S/C20H18ClN3O3/c21-13-9-12-10-17(20(25)24-6-4-22-5-7-24)27-18(12)15(11-13)14-1-3-23-16-2-8-26-19(14)16/h1-3,8-9,11,17,22H,4-7,10H2/t17-/m1/s1. The number of benzene rings is 1. The first-order chi connectivity index (χ1) is 13.2. The van der Waals surface area contributed by atoms with E-state index in [1.165, 1.54) is 0 Å². The van der Waals surface area contributed by atoms with Crippen molar-refractivity contribution >= 4 is 28.6 Å². The van der Waals surface area contributed by atoms with Gasteiger partial charge in [0.05, 0.1) is 6.26 Å². The lowest BCUT2D eigenvalue weighted by molar-refractivity contribution is -0.138. The monoisotopic (exact) mass is 383 g/mol. The second-order valence-electron chi connectivity index (χ2n) is 6.82. The van der Waals surface area contributed by atoms with Gasteiger partial charge >= 0.3 is 0 Å². The molecule has 0 bridgehead atoms. The Morgan fingerprint density at radius 3 is 2.93 bits per heavy atom. The quantitative estimate of drug-likeness (QED) is 0.737. The van der Waals surface area contributed by atoms with Gasteiger partial charge in [-0.1, -0.05) is 11.6 Å². The lowest BCUT2D eigenvalue weighted by Crippen LogP contribution is -2.50. The van der Waals surface area contributed by atoms with Gasteiger partial charge in [0.15, 0.2) is 11.7 Å². The Morgan fingerprint density at radius 1 is 1.22 bits per heavy atom. The molecule has 1 N–H and O–H groups in total. The van der Waals surface area contributed by atoms with Gasteiger partial charge in [0.2, 0.25) is 0 Å². The van der Waals surface area contributed by atoms with Crippen LogP contribution < -0.4 is 10.1 Å². The van der Waals surface area contributed by atoms with Crippen LogP contribution >= 0.6 is 11.6 Å². The number of pyridine rings is 1. The molecule has 2 aliphatic heterocycles. The number of furan rings is 1. The predicted molar refractivity (Wildman–Crippen MR) is 102 cm³/mol. The molecule has 1 aromatic carbocycles. The number of halogens is 1. The van der Waals surface area contributed by atoms with E-state index in [0.29, 0.717) is 35.9 Å². The van der Waals surface area contributed by atoms with Gasteiger partial charge in [0.1, 0.15) is 11.3 Å². The molecule has 5 rings (SSSR count).